The van der Waals surface area contributed by atoms with Crippen molar-refractivity contribution >= 4 is 5.69 Å². The van der Waals surface area contributed by atoms with Crippen LogP contribution in [-0.4, -0.2) is 29.5 Å². The van der Waals surface area contributed by atoms with Crippen molar-refractivity contribution in [1.29, 1.82) is 0 Å². The number of piperidine rings is 1. The third kappa shape index (κ3) is 2.95. The van der Waals surface area contributed by atoms with Crippen LogP contribution >= 0.6 is 0 Å². The van der Waals surface area contributed by atoms with Gasteiger partial charge in [-0.15, -0.1) is 0 Å². The first kappa shape index (κ1) is 11.4. The lowest BCUT2D eigenvalue weighted by Gasteiger charge is -2.26. The predicted molar refractivity (Wildman–Crippen MR) is 67.4 cm³/mol. The molecule has 2 N–H and O–H groups in total. The van der Waals surface area contributed by atoms with Gasteiger partial charge < -0.3 is 10.6 Å². The Morgan fingerprint density at radius 2 is 2.06 bits per heavy atom. The number of rotatable bonds is 3. The van der Waals surface area contributed by atoms with Crippen LogP contribution in [0.2, 0.25) is 0 Å². The highest BCUT2D eigenvalue weighted by Gasteiger charge is 2.10. The lowest BCUT2D eigenvalue weighted by molar-refractivity contribution is 0.231. The van der Waals surface area contributed by atoms with E-state index in [-0.39, 0.29) is 0 Å². The van der Waals surface area contributed by atoms with Crippen LogP contribution in [0.1, 0.15) is 30.5 Å². The van der Waals surface area contributed by atoms with Crippen LogP contribution < -0.4 is 5.73 Å². The van der Waals surface area contributed by atoms with E-state index in [1.54, 1.807) is 0 Å². The Bertz CT molecular complexity index is 343. The van der Waals surface area contributed by atoms with E-state index >= 15 is 0 Å². The van der Waals surface area contributed by atoms with Gasteiger partial charge in [0.1, 0.15) is 0 Å². The number of aryl methyl sites for hydroxylation is 1. The monoisotopic (exact) mass is 219 g/mol. The fraction of sp³-hybridized carbons (Fsp3) is 0.615. The van der Waals surface area contributed by atoms with Crippen molar-refractivity contribution in [2.24, 2.45) is 0 Å². The molecule has 3 heteroatoms. The van der Waals surface area contributed by atoms with Crippen molar-refractivity contribution in [3.8, 4) is 0 Å². The quantitative estimate of drug-likeness (QED) is 0.845. The van der Waals surface area contributed by atoms with Crippen LogP contribution in [0.15, 0.2) is 12.3 Å². The second kappa shape index (κ2) is 5.30. The van der Waals surface area contributed by atoms with Crippen molar-refractivity contribution in [2.45, 2.75) is 32.6 Å². The Morgan fingerprint density at radius 1 is 1.31 bits per heavy atom. The summed E-state index contributed by atoms with van der Waals surface area (Å²) >= 11 is 0. The molecule has 0 spiro atoms. The molecular formula is C13H21N3. The molecule has 88 valence electrons. The van der Waals surface area contributed by atoms with Gasteiger partial charge in [0.05, 0.1) is 11.4 Å². The molecule has 1 aliphatic heterocycles. The standard InChI is InChI=1S/C13H21N3/c1-11-9-12(14)13(15-10-11)5-8-16-6-3-2-4-7-16/h9-10H,2-8,14H2,1H3. The first-order chi connectivity index (χ1) is 7.75. The molecule has 1 fully saturated rings. The molecule has 0 radical (unpaired) electrons. The fourth-order valence-electron chi connectivity index (χ4n) is 2.28. The highest BCUT2D eigenvalue weighted by Crippen LogP contribution is 2.13. The van der Waals surface area contributed by atoms with Crippen molar-refractivity contribution < 1.29 is 0 Å². The second-order valence-electron chi connectivity index (χ2n) is 4.70. The summed E-state index contributed by atoms with van der Waals surface area (Å²) in [6.07, 6.45) is 6.96. The number of hydrogen-bond donors (Lipinski definition) is 1. The highest BCUT2D eigenvalue weighted by atomic mass is 15.1. The molecule has 0 unspecified atom stereocenters. The number of nitrogens with two attached hydrogens (primary N) is 1. The van der Waals surface area contributed by atoms with E-state index in [4.69, 9.17) is 5.73 Å². The third-order valence-electron chi connectivity index (χ3n) is 3.25. The minimum Gasteiger partial charge on any atom is -0.397 e. The molecule has 16 heavy (non-hydrogen) atoms. The topological polar surface area (TPSA) is 42.2 Å². The summed E-state index contributed by atoms with van der Waals surface area (Å²) in [5, 5.41) is 0. The molecule has 0 saturated carbocycles. The zero-order valence-corrected chi connectivity index (χ0v) is 10.1. The molecule has 1 aromatic rings. The minimum atomic E-state index is 0.844. The van der Waals surface area contributed by atoms with E-state index < -0.39 is 0 Å². The predicted octanol–water partition coefficient (Wildman–Crippen LogP) is 2.00. The van der Waals surface area contributed by atoms with Crippen molar-refractivity contribution in [3.63, 3.8) is 0 Å². The molecule has 2 heterocycles. The van der Waals surface area contributed by atoms with Gasteiger partial charge in [-0.05, 0) is 44.5 Å². The Morgan fingerprint density at radius 3 is 2.75 bits per heavy atom. The fourth-order valence-corrected chi connectivity index (χ4v) is 2.28. The maximum Gasteiger partial charge on any atom is 0.0645 e. The van der Waals surface area contributed by atoms with Crippen LogP contribution in [0.4, 0.5) is 5.69 Å². The second-order valence-corrected chi connectivity index (χ2v) is 4.70. The van der Waals surface area contributed by atoms with Crippen LogP contribution in [-0.2, 0) is 6.42 Å². The molecule has 1 saturated heterocycles. The highest BCUT2D eigenvalue weighted by molar-refractivity contribution is 5.44. The molecule has 0 amide bonds. The lowest BCUT2D eigenvalue weighted by atomic mass is 10.1. The summed E-state index contributed by atoms with van der Waals surface area (Å²) in [6.45, 7) is 5.61. The van der Waals surface area contributed by atoms with Gasteiger partial charge in [-0.3, -0.25) is 4.98 Å². The largest absolute Gasteiger partial charge is 0.397 e. The van der Waals surface area contributed by atoms with Gasteiger partial charge in [0.2, 0.25) is 0 Å². The van der Waals surface area contributed by atoms with E-state index in [1.807, 2.05) is 19.2 Å². The number of anilines is 1. The van der Waals surface area contributed by atoms with Crippen molar-refractivity contribution in [1.82, 2.24) is 9.88 Å². The van der Waals surface area contributed by atoms with Crippen molar-refractivity contribution in [2.75, 3.05) is 25.4 Å². The molecule has 2 rings (SSSR count). The van der Waals surface area contributed by atoms with Gasteiger partial charge in [0, 0.05) is 19.2 Å². The normalized spacial score (nSPS) is 17.6. The van der Waals surface area contributed by atoms with Crippen molar-refractivity contribution in [3.05, 3.63) is 23.5 Å². The minimum absolute atomic E-state index is 0.844. The summed E-state index contributed by atoms with van der Waals surface area (Å²) in [4.78, 5) is 6.93. The molecular weight excluding hydrogens is 198 g/mol. The molecule has 0 aromatic carbocycles. The Kier molecular flexibility index (Phi) is 3.78. The van der Waals surface area contributed by atoms with Crippen LogP contribution in [0.5, 0.6) is 0 Å². The molecule has 3 nitrogen and oxygen atoms in total. The number of aromatic nitrogens is 1. The van der Waals surface area contributed by atoms with E-state index in [0.717, 1.165) is 29.9 Å². The number of nitrogen functional groups attached to an aromatic ring is 1. The number of pyridine rings is 1. The maximum atomic E-state index is 5.96. The zero-order chi connectivity index (χ0) is 11.4. The van der Waals surface area contributed by atoms with E-state index in [9.17, 15) is 0 Å². The Hall–Kier alpha value is -1.09. The van der Waals surface area contributed by atoms with Crippen LogP contribution in [0.25, 0.3) is 0 Å². The van der Waals surface area contributed by atoms with Gasteiger partial charge >= 0.3 is 0 Å². The number of hydrogen-bond acceptors (Lipinski definition) is 3. The first-order valence-corrected chi connectivity index (χ1v) is 6.19. The average molecular weight is 219 g/mol. The van der Waals surface area contributed by atoms with E-state index in [0.29, 0.717) is 0 Å². The summed E-state index contributed by atoms with van der Waals surface area (Å²) in [6, 6.07) is 2.01. The first-order valence-electron chi connectivity index (χ1n) is 6.19. The SMILES string of the molecule is Cc1cnc(CCN2CCCCC2)c(N)c1. The Balaban J connectivity index is 1.88. The Labute approximate surface area is 97.7 Å². The molecule has 0 atom stereocenters. The smallest absolute Gasteiger partial charge is 0.0645 e. The molecule has 0 aliphatic carbocycles. The van der Waals surface area contributed by atoms with E-state index in [1.165, 1.54) is 32.4 Å². The summed E-state index contributed by atoms with van der Waals surface area (Å²) in [5.41, 5.74) is 8.99. The maximum absolute atomic E-state index is 5.96. The van der Waals surface area contributed by atoms with Gasteiger partial charge in [-0.25, -0.2) is 0 Å². The summed E-state index contributed by atoms with van der Waals surface area (Å²) in [7, 11) is 0. The van der Waals surface area contributed by atoms with Gasteiger partial charge in [0.15, 0.2) is 0 Å². The summed E-state index contributed by atoms with van der Waals surface area (Å²) < 4.78 is 0. The van der Waals surface area contributed by atoms with Crippen LogP contribution in [0.3, 0.4) is 0 Å². The zero-order valence-electron chi connectivity index (χ0n) is 10.1. The van der Waals surface area contributed by atoms with E-state index in [2.05, 4.69) is 9.88 Å². The molecule has 0 bridgehead atoms. The molecule has 1 aromatic heterocycles. The average Bonchev–Trinajstić information content (AvgIpc) is 2.29. The molecule has 1 aliphatic rings. The summed E-state index contributed by atoms with van der Waals surface area (Å²) in [5.74, 6) is 0. The number of likely N-dealkylation sites (tertiary alicyclic amines) is 1. The third-order valence-corrected chi connectivity index (χ3v) is 3.25. The van der Waals surface area contributed by atoms with Gasteiger partial charge in [-0.1, -0.05) is 6.42 Å². The lowest BCUT2D eigenvalue weighted by Crippen LogP contribution is -2.31. The number of nitrogens with zero attached hydrogens (tertiary/aromatic N) is 2. The van der Waals surface area contributed by atoms with Gasteiger partial charge in [-0.2, -0.15) is 0 Å². The van der Waals surface area contributed by atoms with Crippen LogP contribution in [0, 0.1) is 6.92 Å². The van der Waals surface area contributed by atoms with Gasteiger partial charge in [0.25, 0.3) is 0 Å².